The van der Waals surface area contributed by atoms with Crippen LogP contribution < -0.4 is 5.32 Å². The van der Waals surface area contributed by atoms with Gasteiger partial charge in [0.05, 0.1) is 11.6 Å². The summed E-state index contributed by atoms with van der Waals surface area (Å²) < 4.78 is 40.1. The zero-order chi connectivity index (χ0) is 17.2. The Morgan fingerprint density at radius 3 is 2.78 bits per heavy atom. The predicted octanol–water partition coefficient (Wildman–Crippen LogP) is 4.71. The number of alkyl halides is 3. The Morgan fingerprint density at radius 1 is 1.52 bits per heavy atom. The van der Waals surface area contributed by atoms with E-state index in [0.717, 1.165) is 11.6 Å². The van der Waals surface area contributed by atoms with Gasteiger partial charge in [0.1, 0.15) is 0 Å². The maximum Gasteiger partial charge on any atom is 0.416 e. The Hall–Kier alpha value is -1.75. The van der Waals surface area contributed by atoms with Crippen LogP contribution in [-0.2, 0) is 4.79 Å². The average Bonchev–Trinajstić information content (AvgIpc) is 2.82. The fraction of sp³-hybridized carbons (Fsp3) is 0.353. The molecule has 1 aliphatic heterocycles. The molecule has 0 aromatic carbocycles. The fourth-order valence-electron chi connectivity index (χ4n) is 2.82. The van der Waals surface area contributed by atoms with Crippen LogP contribution in [0.5, 0.6) is 0 Å². The van der Waals surface area contributed by atoms with Crippen LogP contribution in [-0.4, -0.2) is 18.1 Å². The van der Waals surface area contributed by atoms with E-state index >= 15 is 0 Å². The summed E-state index contributed by atoms with van der Waals surface area (Å²) in [5.74, 6) is -0.110. The molecule has 6 heteroatoms. The molecule has 0 aromatic heterocycles. The van der Waals surface area contributed by atoms with Gasteiger partial charge in [0.25, 0.3) is 0 Å². The molecule has 0 bridgehead atoms. The van der Waals surface area contributed by atoms with Crippen LogP contribution in [0.1, 0.15) is 26.2 Å². The number of allylic oxidation sites excluding steroid dienone is 7. The lowest BCUT2D eigenvalue weighted by molar-refractivity contribution is -0.119. The first-order valence-corrected chi connectivity index (χ1v) is 7.59. The van der Waals surface area contributed by atoms with Gasteiger partial charge in [0, 0.05) is 23.4 Å². The van der Waals surface area contributed by atoms with Crippen molar-refractivity contribution in [1.82, 2.24) is 5.32 Å². The van der Waals surface area contributed by atoms with Gasteiger partial charge in [-0.05, 0) is 24.5 Å². The van der Waals surface area contributed by atoms with Crippen LogP contribution in [0.15, 0.2) is 58.2 Å². The first kappa shape index (κ1) is 17.6. The van der Waals surface area contributed by atoms with E-state index in [0.29, 0.717) is 12.0 Å². The van der Waals surface area contributed by atoms with Crippen molar-refractivity contribution >= 4 is 17.5 Å². The molecule has 1 fully saturated rings. The second-order valence-corrected chi connectivity index (χ2v) is 5.84. The molecule has 0 aromatic rings. The summed E-state index contributed by atoms with van der Waals surface area (Å²) in [6, 6.07) is -0.120. The maximum absolute atomic E-state index is 13.4. The SMILES string of the molecule is C=CC/C(Cl)=C(C1=CCC2NC(=O)CC2=C1)\C(=C/C)C(F)(F)F. The number of carbonyl (C=O) groups is 1. The minimum atomic E-state index is -4.51. The normalized spacial score (nSPS) is 22.7. The molecule has 1 aliphatic carbocycles. The average molecular weight is 344 g/mol. The van der Waals surface area contributed by atoms with E-state index in [1.54, 1.807) is 12.2 Å². The number of amides is 1. The summed E-state index contributed by atoms with van der Waals surface area (Å²) in [6.45, 7) is 4.86. The van der Waals surface area contributed by atoms with Crippen molar-refractivity contribution in [3.05, 3.63) is 58.2 Å². The molecule has 0 radical (unpaired) electrons. The molecule has 2 aliphatic rings. The van der Waals surface area contributed by atoms with Gasteiger partial charge in [-0.1, -0.05) is 35.9 Å². The van der Waals surface area contributed by atoms with E-state index < -0.39 is 11.7 Å². The molecule has 0 saturated carbocycles. The largest absolute Gasteiger partial charge is 0.416 e. The molecule has 1 unspecified atom stereocenters. The monoisotopic (exact) mass is 343 g/mol. The second-order valence-electron chi connectivity index (χ2n) is 5.38. The van der Waals surface area contributed by atoms with E-state index in [1.165, 1.54) is 13.0 Å². The Balaban J connectivity index is 2.50. The van der Waals surface area contributed by atoms with Gasteiger partial charge in [-0.15, -0.1) is 6.58 Å². The van der Waals surface area contributed by atoms with E-state index in [1.807, 2.05) is 0 Å². The molecule has 124 valence electrons. The van der Waals surface area contributed by atoms with Crippen LogP contribution in [0.2, 0.25) is 0 Å². The first-order valence-electron chi connectivity index (χ1n) is 7.21. The molecule has 0 spiro atoms. The number of halogens is 4. The summed E-state index contributed by atoms with van der Waals surface area (Å²) in [6.07, 6.45) is 2.13. The minimum Gasteiger partial charge on any atom is -0.349 e. The minimum absolute atomic E-state index is 0.0353. The number of nitrogens with one attached hydrogen (secondary N) is 1. The van der Waals surface area contributed by atoms with Gasteiger partial charge in [0.2, 0.25) is 5.91 Å². The highest BCUT2D eigenvalue weighted by Crippen LogP contribution is 2.41. The zero-order valence-corrected chi connectivity index (χ0v) is 13.4. The van der Waals surface area contributed by atoms with E-state index in [2.05, 4.69) is 11.9 Å². The van der Waals surface area contributed by atoms with Crippen molar-refractivity contribution in [2.24, 2.45) is 0 Å². The fourth-order valence-corrected chi connectivity index (χ4v) is 3.14. The van der Waals surface area contributed by atoms with Crippen LogP contribution in [0.25, 0.3) is 0 Å². The number of rotatable bonds is 4. The molecule has 1 heterocycles. The third kappa shape index (κ3) is 3.78. The third-order valence-corrected chi connectivity index (χ3v) is 4.15. The number of hydrogen-bond donors (Lipinski definition) is 1. The highest BCUT2D eigenvalue weighted by Gasteiger charge is 2.38. The highest BCUT2D eigenvalue weighted by molar-refractivity contribution is 6.30. The quantitative estimate of drug-likeness (QED) is 0.581. The number of carbonyl (C=O) groups excluding carboxylic acids is 1. The van der Waals surface area contributed by atoms with Crippen LogP contribution >= 0.6 is 11.6 Å². The Bertz CT molecular complexity index is 653. The lowest BCUT2D eigenvalue weighted by atomic mass is 9.87. The summed E-state index contributed by atoms with van der Waals surface area (Å²) in [4.78, 5) is 11.5. The lowest BCUT2D eigenvalue weighted by Crippen LogP contribution is -2.27. The Morgan fingerprint density at radius 2 is 2.22 bits per heavy atom. The smallest absolute Gasteiger partial charge is 0.349 e. The zero-order valence-electron chi connectivity index (χ0n) is 12.6. The van der Waals surface area contributed by atoms with Crippen molar-refractivity contribution in [2.45, 2.75) is 38.4 Å². The van der Waals surface area contributed by atoms with Crippen molar-refractivity contribution in [2.75, 3.05) is 0 Å². The van der Waals surface area contributed by atoms with E-state index in [4.69, 9.17) is 11.6 Å². The van der Waals surface area contributed by atoms with Crippen molar-refractivity contribution < 1.29 is 18.0 Å². The summed E-state index contributed by atoms with van der Waals surface area (Å²) >= 11 is 6.15. The predicted molar refractivity (Wildman–Crippen MR) is 84.8 cm³/mol. The molecule has 1 atom stereocenters. The Kier molecular flexibility index (Phi) is 5.19. The van der Waals surface area contributed by atoms with E-state index in [-0.39, 0.29) is 35.4 Å². The van der Waals surface area contributed by atoms with Crippen LogP contribution in [0.3, 0.4) is 0 Å². The van der Waals surface area contributed by atoms with Crippen molar-refractivity contribution in [1.29, 1.82) is 0 Å². The second kappa shape index (κ2) is 6.79. The molecule has 2 rings (SSSR count). The molecule has 1 N–H and O–H groups in total. The number of fused-ring (bicyclic) bond motifs is 1. The molecule has 23 heavy (non-hydrogen) atoms. The first-order chi connectivity index (χ1) is 10.8. The maximum atomic E-state index is 13.4. The lowest BCUT2D eigenvalue weighted by Gasteiger charge is -2.22. The van der Waals surface area contributed by atoms with Gasteiger partial charge < -0.3 is 5.32 Å². The van der Waals surface area contributed by atoms with Gasteiger partial charge >= 0.3 is 6.18 Å². The molecule has 1 amide bonds. The van der Waals surface area contributed by atoms with Gasteiger partial charge in [-0.3, -0.25) is 4.79 Å². The molecular formula is C17H17ClF3NO. The molecule has 1 saturated heterocycles. The number of hydrogen-bond acceptors (Lipinski definition) is 1. The van der Waals surface area contributed by atoms with Gasteiger partial charge in [0.15, 0.2) is 0 Å². The van der Waals surface area contributed by atoms with E-state index in [9.17, 15) is 18.0 Å². The summed E-state index contributed by atoms with van der Waals surface area (Å²) in [7, 11) is 0. The molecule has 2 nitrogen and oxygen atoms in total. The van der Waals surface area contributed by atoms with Gasteiger partial charge in [-0.25, -0.2) is 0 Å². The Labute approximate surface area is 138 Å². The topological polar surface area (TPSA) is 29.1 Å². The molecular weight excluding hydrogens is 327 g/mol. The van der Waals surface area contributed by atoms with Crippen molar-refractivity contribution in [3.8, 4) is 0 Å². The summed E-state index contributed by atoms with van der Waals surface area (Å²) in [5.41, 5.74) is 0.394. The van der Waals surface area contributed by atoms with Crippen LogP contribution in [0.4, 0.5) is 13.2 Å². The third-order valence-electron chi connectivity index (χ3n) is 3.81. The standard InChI is InChI=1S/C17H17ClF3NO/c1-3-5-13(18)16(12(4-2)17(19,20)21)10-6-7-14-11(8-10)9-15(23)22-14/h3-4,6,8,14H,1,5,7,9H2,2H3,(H,22,23)/b12-4+,16-13+. The van der Waals surface area contributed by atoms with Crippen molar-refractivity contribution in [3.63, 3.8) is 0 Å². The highest BCUT2D eigenvalue weighted by atomic mass is 35.5. The van der Waals surface area contributed by atoms with Gasteiger partial charge in [-0.2, -0.15) is 13.2 Å². The van der Waals surface area contributed by atoms with Crippen LogP contribution in [0, 0.1) is 0 Å². The summed E-state index contributed by atoms with van der Waals surface area (Å²) in [5, 5.41) is 2.88.